The van der Waals surface area contributed by atoms with Crippen molar-refractivity contribution < 1.29 is 5.11 Å². The molecule has 1 N–H and O–H groups in total. The molecular formula is C24H30N4O. The summed E-state index contributed by atoms with van der Waals surface area (Å²) >= 11 is 0. The van der Waals surface area contributed by atoms with E-state index in [9.17, 15) is 5.11 Å². The van der Waals surface area contributed by atoms with Crippen molar-refractivity contribution in [2.75, 3.05) is 26.2 Å². The van der Waals surface area contributed by atoms with Crippen LogP contribution in [0.15, 0.2) is 67.0 Å². The van der Waals surface area contributed by atoms with Crippen LogP contribution < -0.4 is 0 Å². The van der Waals surface area contributed by atoms with Gasteiger partial charge in [0.25, 0.3) is 0 Å². The molecule has 3 aromatic rings. The normalized spacial score (nSPS) is 18.2. The number of benzene rings is 2. The van der Waals surface area contributed by atoms with Crippen LogP contribution in [0.25, 0.3) is 5.69 Å². The Morgan fingerprint density at radius 2 is 1.83 bits per heavy atom. The van der Waals surface area contributed by atoms with Gasteiger partial charge in [-0.25, -0.2) is 4.68 Å². The molecule has 0 spiro atoms. The zero-order valence-electron chi connectivity index (χ0n) is 17.1. The molecule has 0 saturated carbocycles. The molecule has 5 nitrogen and oxygen atoms in total. The van der Waals surface area contributed by atoms with Gasteiger partial charge in [-0.05, 0) is 48.2 Å². The Labute approximate surface area is 173 Å². The van der Waals surface area contributed by atoms with Crippen LogP contribution >= 0.6 is 0 Å². The van der Waals surface area contributed by atoms with Gasteiger partial charge in [0.05, 0.1) is 5.69 Å². The number of aliphatic hydroxyl groups excluding tert-OH is 1. The highest BCUT2D eigenvalue weighted by Gasteiger charge is 2.26. The van der Waals surface area contributed by atoms with Crippen molar-refractivity contribution in [1.29, 1.82) is 0 Å². The number of aryl methyl sites for hydroxylation is 1. The van der Waals surface area contributed by atoms with Gasteiger partial charge in [-0.3, -0.25) is 9.80 Å². The number of hydrogen-bond acceptors (Lipinski definition) is 4. The van der Waals surface area contributed by atoms with Crippen LogP contribution in [-0.2, 0) is 13.1 Å². The van der Waals surface area contributed by atoms with Crippen molar-refractivity contribution >= 4 is 0 Å². The smallest absolute Gasteiger partial charge is 0.0645 e. The first-order valence-corrected chi connectivity index (χ1v) is 10.4. The molecule has 1 aliphatic rings. The summed E-state index contributed by atoms with van der Waals surface area (Å²) in [7, 11) is 0. The Bertz CT molecular complexity index is 892. The van der Waals surface area contributed by atoms with Crippen molar-refractivity contribution in [1.82, 2.24) is 19.6 Å². The lowest BCUT2D eigenvalue weighted by atomic mass is 10.0. The van der Waals surface area contributed by atoms with Gasteiger partial charge in [-0.1, -0.05) is 36.4 Å². The molecule has 152 valence electrons. The van der Waals surface area contributed by atoms with E-state index in [1.807, 2.05) is 16.9 Å². The second kappa shape index (κ2) is 9.35. The Hall–Kier alpha value is -2.47. The summed E-state index contributed by atoms with van der Waals surface area (Å²) in [5.74, 6) is 0. The van der Waals surface area contributed by atoms with Crippen LogP contribution in [0.1, 0.15) is 23.1 Å². The molecule has 5 heteroatoms. The van der Waals surface area contributed by atoms with Gasteiger partial charge in [-0.15, -0.1) is 0 Å². The molecule has 0 bridgehead atoms. The van der Waals surface area contributed by atoms with E-state index in [-0.39, 0.29) is 6.61 Å². The van der Waals surface area contributed by atoms with Crippen LogP contribution in [0, 0.1) is 6.92 Å². The second-order valence-electron chi connectivity index (χ2n) is 7.92. The SMILES string of the molecule is Cc1ccccc1CN1CCN(Cc2ccc(-n3cccn3)cc2)C[C@@H]1CCO. The molecule has 1 aliphatic heterocycles. The Kier molecular flexibility index (Phi) is 6.39. The van der Waals surface area contributed by atoms with Crippen LogP contribution in [-0.4, -0.2) is 57.0 Å². The third kappa shape index (κ3) is 4.93. The van der Waals surface area contributed by atoms with Gasteiger partial charge in [-0.2, -0.15) is 5.10 Å². The highest BCUT2D eigenvalue weighted by atomic mass is 16.3. The Morgan fingerprint density at radius 3 is 2.55 bits per heavy atom. The van der Waals surface area contributed by atoms with E-state index in [0.29, 0.717) is 6.04 Å². The third-order valence-electron chi connectivity index (χ3n) is 5.90. The maximum Gasteiger partial charge on any atom is 0.0645 e. The lowest BCUT2D eigenvalue weighted by Crippen LogP contribution is -2.52. The molecule has 29 heavy (non-hydrogen) atoms. The molecule has 1 fully saturated rings. The van der Waals surface area contributed by atoms with Crippen molar-refractivity contribution in [3.8, 4) is 5.69 Å². The minimum absolute atomic E-state index is 0.237. The summed E-state index contributed by atoms with van der Waals surface area (Å²) in [5.41, 5.74) is 5.13. The average molecular weight is 391 g/mol. The minimum atomic E-state index is 0.237. The van der Waals surface area contributed by atoms with Gasteiger partial charge in [0.2, 0.25) is 0 Å². The number of piperazine rings is 1. The summed E-state index contributed by atoms with van der Waals surface area (Å²) in [6, 6.07) is 19.6. The fourth-order valence-corrected chi connectivity index (χ4v) is 4.17. The quantitative estimate of drug-likeness (QED) is 0.673. The molecule has 1 saturated heterocycles. The van der Waals surface area contributed by atoms with Crippen molar-refractivity contribution in [3.05, 3.63) is 83.7 Å². The first kappa shape index (κ1) is 19.8. The zero-order valence-corrected chi connectivity index (χ0v) is 17.1. The highest BCUT2D eigenvalue weighted by Crippen LogP contribution is 2.20. The Balaban J connectivity index is 1.38. The van der Waals surface area contributed by atoms with Crippen molar-refractivity contribution in [2.45, 2.75) is 32.5 Å². The summed E-state index contributed by atoms with van der Waals surface area (Å²) in [6.45, 7) is 7.40. The average Bonchev–Trinajstić information content (AvgIpc) is 3.27. The van der Waals surface area contributed by atoms with E-state index in [1.165, 1.54) is 16.7 Å². The molecule has 4 rings (SSSR count). The first-order chi connectivity index (χ1) is 14.2. The predicted octanol–water partition coefficient (Wildman–Crippen LogP) is 3.25. The number of aromatic nitrogens is 2. The van der Waals surface area contributed by atoms with E-state index < -0.39 is 0 Å². The maximum absolute atomic E-state index is 9.60. The van der Waals surface area contributed by atoms with Crippen LogP contribution in [0.2, 0.25) is 0 Å². The maximum atomic E-state index is 9.60. The fourth-order valence-electron chi connectivity index (χ4n) is 4.17. The van der Waals surface area contributed by atoms with Gasteiger partial charge >= 0.3 is 0 Å². The number of aliphatic hydroxyl groups is 1. The second-order valence-corrected chi connectivity index (χ2v) is 7.92. The minimum Gasteiger partial charge on any atom is -0.396 e. The standard InChI is InChI=1S/C24H30N4O/c1-20-5-2-3-6-22(20)18-27-15-14-26(19-24(27)11-16-29)17-21-7-9-23(10-8-21)28-13-4-12-25-28/h2-10,12-13,24,29H,11,14-19H2,1H3/t24-/m0/s1. The van der Waals surface area contributed by atoms with Crippen molar-refractivity contribution in [2.24, 2.45) is 0 Å². The van der Waals surface area contributed by atoms with Crippen LogP contribution in [0.4, 0.5) is 0 Å². The van der Waals surface area contributed by atoms with E-state index in [1.54, 1.807) is 6.20 Å². The van der Waals surface area contributed by atoms with Gasteiger partial charge in [0.1, 0.15) is 0 Å². The number of rotatable bonds is 7. The summed E-state index contributed by atoms with van der Waals surface area (Å²) in [5, 5.41) is 13.9. The molecule has 2 heterocycles. The monoisotopic (exact) mass is 390 g/mol. The molecule has 0 aliphatic carbocycles. The first-order valence-electron chi connectivity index (χ1n) is 10.4. The predicted molar refractivity (Wildman–Crippen MR) is 116 cm³/mol. The molecule has 2 aromatic carbocycles. The van der Waals surface area contributed by atoms with E-state index in [0.717, 1.165) is 44.8 Å². The fraction of sp³-hybridized carbons (Fsp3) is 0.375. The highest BCUT2D eigenvalue weighted by molar-refractivity contribution is 5.33. The van der Waals surface area contributed by atoms with Crippen molar-refractivity contribution in [3.63, 3.8) is 0 Å². The molecule has 0 unspecified atom stereocenters. The van der Waals surface area contributed by atoms with Crippen LogP contribution in [0.5, 0.6) is 0 Å². The summed E-state index contributed by atoms with van der Waals surface area (Å²) in [6.07, 6.45) is 4.58. The lowest BCUT2D eigenvalue weighted by molar-refractivity contribution is 0.0498. The molecule has 1 aromatic heterocycles. The Morgan fingerprint density at radius 1 is 1.00 bits per heavy atom. The zero-order chi connectivity index (χ0) is 20.1. The summed E-state index contributed by atoms with van der Waals surface area (Å²) in [4.78, 5) is 5.05. The molecule has 1 atom stereocenters. The van der Waals surface area contributed by atoms with Gasteiger partial charge in [0.15, 0.2) is 0 Å². The van der Waals surface area contributed by atoms with Gasteiger partial charge < -0.3 is 5.11 Å². The molecule has 0 radical (unpaired) electrons. The van der Waals surface area contributed by atoms with Crippen LogP contribution in [0.3, 0.4) is 0 Å². The third-order valence-corrected chi connectivity index (χ3v) is 5.90. The summed E-state index contributed by atoms with van der Waals surface area (Å²) < 4.78 is 1.88. The lowest BCUT2D eigenvalue weighted by Gasteiger charge is -2.41. The van der Waals surface area contributed by atoms with E-state index in [4.69, 9.17) is 0 Å². The molecular weight excluding hydrogens is 360 g/mol. The van der Waals surface area contributed by atoms with Gasteiger partial charge in [0, 0.05) is 57.8 Å². The number of nitrogens with zero attached hydrogens (tertiary/aromatic N) is 4. The topological polar surface area (TPSA) is 44.5 Å². The number of hydrogen-bond donors (Lipinski definition) is 1. The van der Waals surface area contributed by atoms with E-state index >= 15 is 0 Å². The van der Waals surface area contributed by atoms with E-state index in [2.05, 4.69) is 70.4 Å². The molecule has 0 amide bonds. The largest absolute Gasteiger partial charge is 0.396 e.